The van der Waals surface area contributed by atoms with E-state index in [2.05, 4.69) is 0 Å². The second-order valence-corrected chi connectivity index (χ2v) is 4.68. The Kier molecular flexibility index (Phi) is 4.30. The molecule has 0 bridgehead atoms. The Morgan fingerprint density at radius 1 is 1.50 bits per heavy atom. The maximum atomic E-state index is 11.7. The van der Waals surface area contributed by atoms with E-state index in [4.69, 9.17) is 23.2 Å². The molecule has 1 rings (SSSR count). The monoisotopic (exact) mass is 248 g/mol. The molecule has 0 heterocycles. The molecule has 0 fully saturated rings. The van der Waals surface area contributed by atoms with Crippen molar-refractivity contribution in [2.24, 2.45) is 0 Å². The zero-order valence-corrected chi connectivity index (χ0v) is 10.2. The Morgan fingerprint density at radius 2 is 2.14 bits per heavy atom. The van der Waals surface area contributed by atoms with Crippen molar-refractivity contribution >= 4 is 40.7 Å². The van der Waals surface area contributed by atoms with Crippen molar-refractivity contribution < 1.29 is 4.79 Å². The van der Waals surface area contributed by atoms with Crippen molar-refractivity contribution in [3.8, 4) is 0 Å². The summed E-state index contributed by atoms with van der Waals surface area (Å²) in [4.78, 5) is 12.5. The van der Waals surface area contributed by atoms with Gasteiger partial charge in [-0.05, 0) is 19.2 Å². The lowest BCUT2D eigenvalue weighted by Crippen LogP contribution is -2.11. The van der Waals surface area contributed by atoms with E-state index >= 15 is 0 Å². The zero-order valence-electron chi connectivity index (χ0n) is 7.88. The molecule has 14 heavy (non-hydrogen) atoms. The lowest BCUT2D eigenvalue weighted by molar-refractivity contribution is 0.0989. The Bertz CT molecular complexity index is 350. The third kappa shape index (κ3) is 2.44. The summed E-state index contributed by atoms with van der Waals surface area (Å²) >= 11 is 13.2. The second-order valence-electron chi connectivity index (χ2n) is 2.80. The Hall–Kier alpha value is -0.180. The highest BCUT2D eigenvalue weighted by molar-refractivity contribution is 7.98. The Morgan fingerprint density at radius 3 is 2.64 bits per heavy atom. The number of ketones is 1. The first-order valence-electron chi connectivity index (χ1n) is 4.08. The lowest BCUT2D eigenvalue weighted by Gasteiger charge is -2.08. The van der Waals surface area contributed by atoms with Crippen molar-refractivity contribution in [3.63, 3.8) is 0 Å². The SMILES string of the molecule is CSc1c(Cl)cccc1C(=O)C(C)Cl. The molecule has 0 radical (unpaired) electrons. The molecule has 0 saturated carbocycles. The van der Waals surface area contributed by atoms with Gasteiger partial charge in [0.05, 0.1) is 10.4 Å². The maximum absolute atomic E-state index is 11.7. The number of carbonyl (C=O) groups excluding carboxylic acids is 1. The van der Waals surface area contributed by atoms with Crippen LogP contribution in [0.25, 0.3) is 0 Å². The predicted octanol–water partition coefficient (Wildman–Crippen LogP) is 3.87. The number of alkyl halides is 1. The molecule has 1 unspecified atom stereocenters. The molecule has 0 amide bonds. The summed E-state index contributed by atoms with van der Waals surface area (Å²) in [5.74, 6) is -0.0847. The summed E-state index contributed by atoms with van der Waals surface area (Å²) in [7, 11) is 0. The van der Waals surface area contributed by atoms with Gasteiger partial charge in [-0.15, -0.1) is 23.4 Å². The van der Waals surface area contributed by atoms with Crippen LogP contribution in [0.15, 0.2) is 23.1 Å². The topological polar surface area (TPSA) is 17.1 Å². The molecule has 0 saturated heterocycles. The van der Waals surface area contributed by atoms with Crippen LogP contribution in [0.3, 0.4) is 0 Å². The van der Waals surface area contributed by atoms with E-state index in [9.17, 15) is 4.79 Å². The first-order chi connectivity index (χ1) is 6.57. The molecule has 1 aromatic carbocycles. The van der Waals surface area contributed by atoms with Crippen LogP contribution in [0.5, 0.6) is 0 Å². The number of benzene rings is 1. The largest absolute Gasteiger partial charge is 0.292 e. The van der Waals surface area contributed by atoms with Crippen LogP contribution in [-0.4, -0.2) is 17.4 Å². The number of carbonyl (C=O) groups is 1. The molecule has 0 aliphatic rings. The van der Waals surface area contributed by atoms with Crippen molar-refractivity contribution in [2.45, 2.75) is 17.2 Å². The highest BCUT2D eigenvalue weighted by atomic mass is 35.5. The van der Waals surface area contributed by atoms with Gasteiger partial charge in [-0.3, -0.25) is 4.79 Å². The second kappa shape index (κ2) is 5.06. The molecule has 0 aliphatic heterocycles. The van der Waals surface area contributed by atoms with Gasteiger partial charge >= 0.3 is 0 Å². The van der Waals surface area contributed by atoms with Gasteiger partial charge in [0.1, 0.15) is 0 Å². The van der Waals surface area contributed by atoms with Gasteiger partial charge in [0.25, 0.3) is 0 Å². The van der Waals surface area contributed by atoms with E-state index < -0.39 is 5.38 Å². The van der Waals surface area contributed by atoms with Gasteiger partial charge in [-0.25, -0.2) is 0 Å². The van der Waals surface area contributed by atoms with E-state index in [1.807, 2.05) is 6.26 Å². The van der Waals surface area contributed by atoms with Crippen LogP contribution in [-0.2, 0) is 0 Å². The summed E-state index contributed by atoms with van der Waals surface area (Å²) in [6.45, 7) is 1.66. The van der Waals surface area contributed by atoms with E-state index in [0.717, 1.165) is 4.90 Å². The van der Waals surface area contributed by atoms with Gasteiger partial charge < -0.3 is 0 Å². The van der Waals surface area contributed by atoms with E-state index in [-0.39, 0.29) is 5.78 Å². The van der Waals surface area contributed by atoms with Crippen LogP contribution in [0, 0.1) is 0 Å². The quantitative estimate of drug-likeness (QED) is 0.459. The fraction of sp³-hybridized carbons (Fsp3) is 0.300. The minimum atomic E-state index is -0.514. The summed E-state index contributed by atoms with van der Waals surface area (Å²) in [5.41, 5.74) is 0.604. The van der Waals surface area contributed by atoms with Crippen LogP contribution in [0.4, 0.5) is 0 Å². The molecule has 76 valence electrons. The highest BCUT2D eigenvalue weighted by Gasteiger charge is 2.17. The average molecular weight is 249 g/mol. The molecule has 1 aromatic rings. The predicted molar refractivity (Wildman–Crippen MR) is 62.9 cm³/mol. The van der Waals surface area contributed by atoms with Crippen molar-refractivity contribution in [3.05, 3.63) is 28.8 Å². The molecule has 0 N–H and O–H groups in total. The fourth-order valence-electron chi connectivity index (χ4n) is 1.12. The molecule has 0 aliphatic carbocycles. The van der Waals surface area contributed by atoms with E-state index in [1.54, 1.807) is 25.1 Å². The van der Waals surface area contributed by atoms with Crippen LogP contribution >= 0.6 is 35.0 Å². The Labute approximate surface area is 97.8 Å². The number of rotatable bonds is 3. The van der Waals surface area contributed by atoms with Crippen molar-refractivity contribution in [1.29, 1.82) is 0 Å². The van der Waals surface area contributed by atoms with Crippen LogP contribution < -0.4 is 0 Å². The van der Waals surface area contributed by atoms with Crippen molar-refractivity contribution in [2.75, 3.05) is 6.26 Å². The average Bonchev–Trinajstić information content (AvgIpc) is 2.16. The maximum Gasteiger partial charge on any atom is 0.181 e. The van der Waals surface area contributed by atoms with Gasteiger partial charge in [0.2, 0.25) is 0 Å². The van der Waals surface area contributed by atoms with Gasteiger partial charge in [0.15, 0.2) is 5.78 Å². The summed E-state index contributed by atoms with van der Waals surface area (Å²) < 4.78 is 0. The summed E-state index contributed by atoms with van der Waals surface area (Å²) in [5, 5.41) is 0.0834. The summed E-state index contributed by atoms with van der Waals surface area (Å²) in [6, 6.07) is 5.27. The van der Waals surface area contributed by atoms with Crippen molar-refractivity contribution in [1.82, 2.24) is 0 Å². The first-order valence-corrected chi connectivity index (χ1v) is 6.12. The van der Waals surface area contributed by atoms with Gasteiger partial charge in [0, 0.05) is 10.5 Å². The third-order valence-corrected chi connectivity index (χ3v) is 3.27. The van der Waals surface area contributed by atoms with Gasteiger partial charge in [-0.2, -0.15) is 0 Å². The van der Waals surface area contributed by atoms with Crippen LogP contribution in [0.2, 0.25) is 5.02 Å². The van der Waals surface area contributed by atoms with Crippen LogP contribution in [0.1, 0.15) is 17.3 Å². The smallest absolute Gasteiger partial charge is 0.181 e. The number of thioether (sulfide) groups is 1. The summed E-state index contributed by atoms with van der Waals surface area (Å²) in [6.07, 6.45) is 1.89. The number of hydrogen-bond donors (Lipinski definition) is 0. The fourth-order valence-corrected chi connectivity index (χ4v) is 2.30. The molecular weight excluding hydrogens is 239 g/mol. The molecule has 1 atom stereocenters. The van der Waals surface area contributed by atoms with E-state index in [1.165, 1.54) is 11.8 Å². The highest BCUT2D eigenvalue weighted by Crippen LogP contribution is 2.30. The normalized spacial score (nSPS) is 12.6. The number of Topliss-reactive ketones (excluding diaryl/α,β-unsaturated/α-hetero) is 1. The molecule has 0 aromatic heterocycles. The molecule has 1 nitrogen and oxygen atoms in total. The number of halogens is 2. The third-order valence-electron chi connectivity index (χ3n) is 1.80. The molecular formula is C10H10Cl2OS. The standard InChI is InChI=1S/C10H10Cl2OS/c1-6(11)9(13)7-4-3-5-8(12)10(7)14-2/h3-6H,1-2H3. The van der Waals surface area contributed by atoms with Gasteiger partial charge in [-0.1, -0.05) is 23.7 Å². The number of hydrogen-bond acceptors (Lipinski definition) is 2. The van der Waals surface area contributed by atoms with E-state index in [0.29, 0.717) is 10.6 Å². The lowest BCUT2D eigenvalue weighted by atomic mass is 10.1. The zero-order chi connectivity index (χ0) is 10.7. The molecule has 4 heteroatoms. The minimum absolute atomic E-state index is 0.0847. The first kappa shape index (κ1) is 11.9. The Balaban J connectivity index is 3.20. The minimum Gasteiger partial charge on any atom is -0.292 e. The molecule has 0 spiro atoms.